The van der Waals surface area contributed by atoms with E-state index in [0.717, 1.165) is 5.46 Å². The Balaban J connectivity index is 1.48. The van der Waals surface area contributed by atoms with Crippen molar-refractivity contribution in [3.63, 3.8) is 0 Å². The van der Waals surface area contributed by atoms with Crippen molar-refractivity contribution in [3.05, 3.63) is 90.0 Å². The molecule has 0 saturated carbocycles. The van der Waals surface area contributed by atoms with E-state index in [1.807, 2.05) is 13.8 Å². The second-order valence-corrected chi connectivity index (χ2v) is 11.1. The van der Waals surface area contributed by atoms with Crippen LogP contribution in [0.1, 0.15) is 52.7 Å². The third-order valence-electron chi connectivity index (χ3n) is 7.75. The first-order valence-corrected chi connectivity index (χ1v) is 12.0. The van der Waals surface area contributed by atoms with Crippen LogP contribution in [0.4, 0.5) is 0 Å². The summed E-state index contributed by atoms with van der Waals surface area (Å²) in [6.45, 7) is 12.0. The predicted octanol–water partition coefficient (Wildman–Crippen LogP) is 6.62. The maximum atomic E-state index is 10.4. The van der Waals surface area contributed by atoms with Crippen LogP contribution < -0.4 is 5.46 Å². The van der Waals surface area contributed by atoms with Gasteiger partial charge in [0, 0.05) is 5.41 Å². The quantitative estimate of drug-likeness (QED) is 0.348. The van der Waals surface area contributed by atoms with Crippen LogP contribution in [0.25, 0.3) is 33.0 Å². The molecule has 1 radical (unpaired) electrons. The van der Waals surface area contributed by atoms with Gasteiger partial charge in [-0.25, -0.2) is 0 Å². The number of fused-ring (bicyclic) bond motifs is 4. The van der Waals surface area contributed by atoms with E-state index in [9.17, 15) is 5.11 Å². The Bertz CT molecular complexity index is 1390. The summed E-state index contributed by atoms with van der Waals surface area (Å²) in [5.74, 6) is 0. The number of hydrogen-bond donors (Lipinski definition) is 1. The normalized spacial score (nSPS) is 14.7. The fourth-order valence-electron chi connectivity index (χ4n) is 4.74. The van der Waals surface area contributed by atoms with E-state index in [-0.39, 0.29) is 5.41 Å². The van der Waals surface area contributed by atoms with Crippen LogP contribution in [0.3, 0.4) is 0 Å². The lowest BCUT2D eigenvalue weighted by Crippen LogP contribution is -2.49. The number of benzene rings is 4. The second-order valence-electron chi connectivity index (χ2n) is 11.1. The van der Waals surface area contributed by atoms with Crippen molar-refractivity contribution in [1.82, 2.24) is 0 Å². The summed E-state index contributed by atoms with van der Waals surface area (Å²) in [5, 5.41) is 12.9. The molecule has 0 aliphatic heterocycles. The molecule has 1 aliphatic rings. The predicted molar refractivity (Wildman–Crippen MR) is 144 cm³/mol. The largest absolute Gasteiger partial charge is 0.427 e. The van der Waals surface area contributed by atoms with Gasteiger partial charge in [0.15, 0.2) is 0 Å². The Morgan fingerprint density at radius 1 is 0.706 bits per heavy atom. The van der Waals surface area contributed by atoms with E-state index in [4.69, 9.17) is 4.65 Å². The summed E-state index contributed by atoms with van der Waals surface area (Å²) in [4.78, 5) is 0. The van der Waals surface area contributed by atoms with Crippen LogP contribution in [0.5, 0.6) is 0 Å². The first-order chi connectivity index (χ1) is 16.0. The highest BCUT2D eigenvalue weighted by atomic mass is 16.5. The van der Waals surface area contributed by atoms with Crippen molar-refractivity contribution in [2.24, 2.45) is 0 Å². The highest BCUT2D eigenvalue weighted by Crippen LogP contribution is 2.49. The summed E-state index contributed by atoms with van der Waals surface area (Å²) in [6.07, 6.45) is 0. The molecule has 0 bridgehead atoms. The molecule has 4 aromatic carbocycles. The van der Waals surface area contributed by atoms with Gasteiger partial charge in [0.05, 0.1) is 11.2 Å². The van der Waals surface area contributed by atoms with Crippen LogP contribution in [-0.2, 0) is 10.1 Å². The minimum Gasteiger partial charge on any atom is -0.427 e. The molecule has 3 heteroatoms. The van der Waals surface area contributed by atoms with Gasteiger partial charge < -0.3 is 9.76 Å². The van der Waals surface area contributed by atoms with E-state index in [0.29, 0.717) is 0 Å². The van der Waals surface area contributed by atoms with E-state index in [1.165, 1.54) is 44.2 Å². The lowest BCUT2D eigenvalue weighted by Gasteiger charge is -2.37. The second kappa shape index (κ2) is 7.83. The lowest BCUT2D eigenvalue weighted by molar-refractivity contribution is -0.0893. The van der Waals surface area contributed by atoms with E-state index in [2.05, 4.69) is 92.7 Å². The van der Waals surface area contributed by atoms with Gasteiger partial charge in [-0.15, -0.1) is 0 Å². The summed E-state index contributed by atoms with van der Waals surface area (Å²) in [5.41, 5.74) is 6.96. The Kier molecular flexibility index (Phi) is 5.27. The third kappa shape index (κ3) is 3.77. The summed E-state index contributed by atoms with van der Waals surface area (Å²) in [6, 6.07) is 28.6. The van der Waals surface area contributed by atoms with Crippen LogP contribution in [0.2, 0.25) is 0 Å². The Morgan fingerprint density at radius 2 is 1.29 bits per heavy atom. The topological polar surface area (TPSA) is 29.5 Å². The molecule has 0 spiro atoms. The van der Waals surface area contributed by atoms with E-state index >= 15 is 0 Å². The highest BCUT2D eigenvalue weighted by Gasteiger charge is 2.37. The molecule has 0 atom stereocenters. The number of aliphatic hydroxyl groups is 1. The minimum atomic E-state index is -0.950. The summed E-state index contributed by atoms with van der Waals surface area (Å²) >= 11 is 0. The molecular formula is C31H32BO2. The fourth-order valence-corrected chi connectivity index (χ4v) is 4.74. The van der Waals surface area contributed by atoms with Crippen LogP contribution >= 0.6 is 0 Å². The molecular weight excluding hydrogens is 415 g/mol. The van der Waals surface area contributed by atoms with Crippen LogP contribution in [0.15, 0.2) is 78.9 Å². The average molecular weight is 447 g/mol. The summed E-state index contributed by atoms with van der Waals surface area (Å²) < 4.78 is 6.02. The molecule has 34 heavy (non-hydrogen) atoms. The van der Waals surface area contributed by atoms with Crippen molar-refractivity contribution in [3.8, 4) is 22.3 Å². The lowest BCUT2D eigenvalue weighted by atomic mass is 9.77. The first-order valence-electron chi connectivity index (χ1n) is 12.0. The van der Waals surface area contributed by atoms with Crippen molar-refractivity contribution in [1.29, 1.82) is 0 Å². The van der Waals surface area contributed by atoms with Crippen LogP contribution in [0, 0.1) is 0 Å². The zero-order valence-electron chi connectivity index (χ0n) is 20.9. The van der Waals surface area contributed by atoms with Crippen molar-refractivity contribution < 1.29 is 9.76 Å². The molecule has 0 amide bonds. The van der Waals surface area contributed by atoms with Gasteiger partial charge in [-0.05, 0) is 84.0 Å². The molecule has 171 valence electrons. The molecule has 0 unspecified atom stereocenters. The Morgan fingerprint density at radius 3 is 2.00 bits per heavy atom. The Hall–Kier alpha value is -2.88. The van der Waals surface area contributed by atoms with Gasteiger partial charge in [-0.1, -0.05) is 86.0 Å². The van der Waals surface area contributed by atoms with Gasteiger partial charge in [-0.2, -0.15) is 0 Å². The molecule has 0 heterocycles. The zero-order chi connectivity index (χ0) is 24.3. The van der Waals surface area contributed by atoms with Crippen molar-refractivity contribution >= 4 is 23.7 Å². The highest BCUT2D eigenvalue weighted by molar-refractivity contribution is 6.47. The smallest absolute Gasteiger partial charge is 0.330 e. The fraction of sp³-hybridized carbons (Fsp3) is 0.290. The molecule has 5 rings (SSSR count). The van der Waals surface area contributed by atoms with Gasteiger partial charge >= 0.3 is 7.48 Å². The molecule has 0 aromatic heterocycles. The average Bonchev–Trinajstić information content (AvgIpc) is 3.03. The number of hydrogen-bond acceptors (Lipinski definition) is 2. The molecule has 4 aromatic rings. The van der Waals surface area contributed by atoms with Gasteiger partial charge in [0.25, 0.3) is 0 Å². The zero-order valence-corrected chi connectivity index (χ0v) is 20.9. The molecule has 1 N–H and O–H groups in total. The maximum absolute atomic E-state index is 10.4. The molecule has 2 nitrogen and oxygen atoms in total. The first kappa shape index (κ1) is 22.9. The SMILES string of the molecule is CC1(C)c2cc([B]OC(C)(C)C(C)(C)O)ccc2-c2ccc(-c3ccc4ccccc4c3)cc21. The Labute approximate surface area is 203 Å². The van der Waals surface area contributed by atoms with Gasteiger partial charge in [-0.3, -0.25) is 0 Å². The maximum Gasteiger partial charge on any atom is 0.330 e. The molecule has 1 aliphatic carbocycles. The van der Waals surface area contributed by atoms with Crippen molar-refractivity contribution in [2.45, 2.75) is 58.2 Å². The number of rotatable bonds is 5. The van der Waals surface area contributed by atoms with Gasteiger partial charge in [0.1, 0.15) is 0 Å². The van der Waals surface area contributed by atoms with Crippen LogP contribution in [-0.4, -0.2) is 23.8 Å². The standard InChI is InChI=1S/C31H32BO2/c1-29(2)27-18-23(22-12-11-20-9-7-8-10-21(20)17-22)13-15-25(27)26-16-14-24(19-28(26)29)32-34-31(5,6)30(3,4)33/h7-19,33H,1-6H3. The minimum absolute atomic E-state index is 0.118. The third-order valence-corrected chi connectivity index (χ3v) is 7.75. The molecule has 0 saturated heterocycles. The molecule has 0 fully saturated rings. The van der Waals surface area contributed by atoms with Crippen molar-refractivity contribution in [2.75, 3.05) is 0 Å². The van der Waals surface area contributed by atoms with Gasteiger partial charge in [0.2, 0.25) is 0 Å². The monoisotopic (exact) mass is 447 g/mol. The van der Waals surface area contributed by atoms with E-state index in [1.54, 1.807) is 21.3 Å². The van der Waals surface area contributed by atoms with E-state index < -0.39 is 11.2 Å². The summed E-state index contributed by atoms with van der Waals surface area (Å²) in [7, 11) is 1.78.